The van der Waals surface area contributed by atoms with Crippen LogP contribution in [-0.4, -0.2) is 19.2 Å². The first kappa shape index (κ1) is 10.8. The lowest BCUT2D eigenvalue weighted by Gasteiger charge is -2.10. The van der Waals surface area contributed by atoms with Gasteiger partial charge < -0.3 is 10.5 Å². The molecule has 12 heavy (non-hydrogen) atoms. The van der Waals surface area contributed by atoms with Gasteiger partial charge in [0.25, 0.3) is 0 Å². The molecule has 0 rings (SSSR count). The second-order valence-corrected chi connectivity index (χ2v) is 2.07. The molecule has 0 heterocycles. The molecular weight excluding hydrogens is 173 g/mol. The average molecular weight is 182 g/mol. The fourth-order valence-electron chi connectivity index (χ4n) is 0.488. The van der Waals surface area contributed by atoms with Gasteiger partial charge in [-0.15, -0.1) is 0 Å². The molecule has 0 saturated heterocycles. The summed E-state index contributed by atoms with van der Waals surface area (Å²) in [7, 11) is 1.11. The van der Waals surface area contributed by atoms with E-state index in [0.29, 0.717) is 0 Å². The van der Waals surface area contributed by atoms with Crippen molar-refractivity contribution in [1.82, 2.24) is 0 Å². The normalized spacial score (nSPS) is 13.8. The zero-order chi connectivity index (χ0) is 9.94. The Morgan fingerprint density at radius 2 is 1.83 bits per heavy atom. The molecule has 6 heteroatoms. The predicted octanol–water partition coefficient (Wildman–Crippen LogP) is 1.41. The quantitative estimate of drug-likeness (QED) is 0.475. The van der Waals surface area contributed by atoms with Crippen molar-refractivity contribution in [3.05, 3.63) is 11.3 Å². The molecule has 0 aliphatic carbocycles. The van der Waals surface area contributed by atoms with Gasteiger partial charge in [0.2, 0.25) is 5.90 Å². The van der Waals surface area contributed by atoms with E-state index in [1.165, 1.54) is 0 Å². The Bertz CT molecular complexity index is 219. The smallest absolute Gasteiger partial charge is 0.431 e. The van der Waals surface area contributed by atoms with Crippen LogP contribution in [0.2, 0.25) is 0 Å². The van der Waals surface area contributed by atoms with Crippen LogP contribution in [0.15, 0.2) is 11.3 Å². The van der Waals surface area contributed by atoms with Crippen molar-refractivity contribution in [2.75, 3.05) is 7.11 Å². The minimum absolute atomic E-state index is 0.412. The van der Waals surface area contributed by atoms with Crippen LogP contribution in [-0.2, 0) is 4.74 Å². The lowest BCUT2D eigenvalue weighted by molar-refractivity contribution is -0.0932. The summed E-state index contributed by atoms with van der Waals surface area (Å²) in [6.07, 6.45) is -4.60. The highest BCUT2D eigenvalue weighted by atomic mass is 19.4. The van der Waals surface area contributed by atoms with Gasteiger partial charge in [0.1, 0.15) is 5.70 Å². The molecule has 0 spiro atoms. The van der Waals surface area contributed by atoms with E-state index >= 15 is 0 Å². The Balaban J connectivity index is 4.82. The second kappa shape index (κ2) is 3.46. The van der Waals surface area contributed by atoms with E-state index in [0.717, 1.165) is 14.0 Å². The Morgan fingerprint density at radius 3 is 2.08 bits per heavy atom. The van der Waals surface area contributed by atoms with E-state index in [2.05, 4.69) is 4.74 Å². The predicted molar refractivity (Wildman–Crippen MR) is 37.7 cm³/mol. The summed E-state index contributed by atoms with van der Waals surface area (Å²) in [5.74, 6) is -0.579. The minimum Gasteiger partial charge on any atom is -0.481 e. The fourth-order valence-corrected chi connectivity index (χ4v) is 0.488. The number of hydrogen-bond acceptors (Lipinski definition) is 3. The lowest BCUT2D eigenvalue weighted by atomic mass is 10.2. The van der Waals surface area contributed by atoms with Crippen molar-refractivity contribution in [2.45, 2.75) is 13.1 Å². The Hall–Kier alpha value is -1.20. The van der Waals surface area contributed by atoms with Gasteiger partial charge in [-0.2, -0.15) is 13.2 Å². The minimum atomic E-state index is -4.60. The molecule has 0 fully saturated rings. The van der Waals surface area contributed by atoms with Gasteiger partial charge in [0.05, 0.1) is 7.11 Å². The van der Waals surface area contributed by atoms with Gasteiger partial charge in [0.15, 0.2) is 0 Å². The molecule has 0 aromatic rings. The van der Waals surface area contributed by atoms with Crippen molar-refractivity contribution < 1.29 is 17.9 Å². The summed E-state index contributed by atoms with van der Waals surface area (Å²) < 4.78 is 39.9. The highest BCUT2D eigenvalue weighted by molar-refractivity contribution is 5.91. The standard InChI is InChI=1S/C6H9F3N2O/c1-3(5(11)12-2)4(10)6(7,8)9/h11H,10H2,1-2H3/b4-3-,11-5?. The SMILES string of the molecule is COC(=N)/C(C)=C(\N)C(F)(F)F. The Kier molecular flexibility index (Phi) is 3.12. The van der Waals surface area contributed by atoms with E-state index in [4.69, 9.17) is 11.1 Å². The van der Waals surface area contributed by atoms with E-state index in [1.807, 2.05) is 0 Å². The Morgan fingerprint density at radius 1 is 1.42 bits per heavy atom. The third kappa shape index (κ3) is 2.44. The van der Waals surface area contributed by atoms with Crippen LogP contribution < -0.4 is 5.73 Å². The maximum absolute atomic E-state index is 11.9. The first-order valence-corrected chi connectivity index (χ1v) is 2.97. The molecule has 3 N–H and O–H groups in total. The number of nitrogens with two attached hydrogens (primary N) is 1. The molecular formula is C6H9F3N2O. The number of halogens is 3. The first-order chi connectivity index (χ1) is 5.30. The summed E-state index contributed by atoms with van der Waals surface area (Å²) in [6.45, 7) is 1.08. The van der Waals surface area contributed by atoms with Crippen LogP contribution in [0.3, 0.4) is 0 Å². The lowest BCUT2D eigenvalue weighted by Crippen LogP contribution is -2.23. The molecule has 0 aliphatic heterocycles. The highest BCUT2D eigenvalue weighted by Crippen LogP contribution is 2.24. The number of ether oxygens (including phenoxy) is 1. The van der Waals surface area contributed by atoms with E-state index in [1.54, 1.807) is 0 Å². The number of rotatable bonds is 1. The van der Waals surface area contributed by atoms with Gasteiger partial charge in [0, 0.05) is 5.57 Å². The van der Waals surface area contributed by atoms with Crippen LogP contribution in [0.5, 0.6) is 0 Å². The summed E-state index contributed by atoms with van der Waals surface area (Å²) in [4.78, 5) is 0. The Labute approximate surface area is 67.5 Å². The number of hydrogen-bond donors (Lipinski definition) is 2. The molecule has 0 saturated carbocycles. The number of allylic oxidation sites excluding steroid dienone is 1. The zero-order valence-electron chi connectivity index (χ0n) is 6.62. The molecule has 0 unspecified atom stereocenters. The highest BCUT2D eigenvalue weighted by Gasteiger charge is 2.34. The van der Waals surface area contributed by atoms with Crippen molar-refractivity contribution in [1.29, 1.82) is 5.41 Å². The van der Waals surface area contributed by atoms with Crippen LogP contribution in [0, 0.1) is 5.41 Å². The van der Waals surface area contributed by atoms with E-state index < -0.39 is 23.3 Å². The molecule has 0 aromatic carbocycles. The summed E-state index contributed by atoms with van der Waals surface area (Å²) in [5, 5.41) is 6.89. The van der Waals surface area contributed by atoms with Gasteiger partial charge in [-0.3, -0.25) is 5.41 Å². The van der Waals surface area contributed by atoms with Gasteiger partial charge in [-0.25, -0.2) is 0 Å². The molecule has 3 nitrogen and oxygen atoms in total. The number of methoxy groups -OCH3 is 1. The molecule has 0 atom stereocenters. The van der Waals surface area contributed by atoms with Crippen LogP contribution in [0.25, 0.3) is 0 Å². The van der Waals surface area contributed by atoms with Crippen LogP contribution in [0.4, 0.5) is 13.2 Å². The first-order valence-electron chi connectivity index (χ1n) is 2.97. The van der Waals surface area contributed by atoms with E-state index in [-0.39, 0.29) is 0 Å². The zero-order valence-corrected chi connectivity index (χ0v) is 6.62. The van der Waals surface area contributed by atoms with Crippen LogP contribution in [0.1, 0.15) is 6.92 Å². The number of nitrogens with one attached hydrogen (secondary N) is 1. The van der Waals surface area contributed by atoms with Crippen molar-refractivity contribution in [3.63, 3.8) is 0 Å². The van der Waals surface area contributed by atoms with E-state index in [9.17, 15) is 13.2 Å². The molecule has 0 radical (unpaired) electrons. The molecule has 0 aromatic heterocycles. The van der Waals surface area contributed by atoms with Crippen molar-refractivity contribution in [2.24, 2.45) is 5.73 Å². The second-order valence-electron chi connectivity index (χ2n) is 2.07. The van der Waals surface area contributed by atoms with Gasteiger partial charge in [-0.05, 0) is 6.92 Å². The third-order valence-electron chi connectivity index (χ3n) is 1.25. The van der Waals surface area contributed by atoms with Crippen molar-refractivity contribution >= 4 is 5.90 Å². The maximum Gasteiger partial charge on any atom is 0.431 e. The molecule has 0 amide bonds. The largest absolute Gasteiger partial charge is 0.481 e. The summed E-state index contributed by atoms with van der Waals surface area (Å²) in [5.41, 5.74) is 3.00. The topological polar surface area (TPSA) is 59.1 Å². The van der Waals surface area contributed by atoms with Crippen molar-refractivity contribution in [3.8, 4) is 0 Å². The summed E-state index contributed by atoms with van der Waals surface area (Å²) >= 11 is 0. The maximum atomic E-state index is 11.9. The molecule has 0 aliphatic rings. The van der Waals surface area contributed by atoms with Gasteiger partial charge in [-0.1, -0.05) is 0 Å². The number of alkyl halides is 3. The third-order valence-corrected chi connectivity index (χ3v) is 1.25. The molecule has 0 bridgehead atoms. The molecule has 70 valence electrons. The average Bonchev–Trinajstić information content (AvgIpc) is 1.98. The fraction of sp³-hybridized carbons (Fsp3) is 0.500. The monoisotopic (exact) mass is 182 g/mol. The summed E-state index contributed by atoms with van der Waals surface area (Å²) in [6, 6.07) is 0. The van der Waals surface area contributed by atoms with Crippen LogP contribution >= 0.6 is 0 Å². The van der Waals surface area contributed by atoms with Gasteiger partial charge >= 0.3 is 6.18 Å².